The van der Waals surface area contributed by atoms with Gasteiger partial charge in [-0.15, -0.1) is 5.10 Å². The number of hydrogen-bond donors (Lipinski definition) is 0. The third kappa shape index (κ3) is 1.62. The summed E-state index contributed by atoms with van der Waals surface area (Å²) in [7, 11) is 0. The van der Waals surface area contributed by atoms with Gasteiger partial charge >= 0.3 is 0 Å². The lowest BCUT2D eigenvalue weighted by molar-refractivity contribution is 0.782. The highest BCUT2D eigenvalue weighted by Gasteiger charge is 2.10. The number of para-hydroxylation sites is 2. The van der Waals surface area contributed by atoms with Gasteiger partial charge in [-0.25, -0.2) is 0 Å². The lowest BCUT2D eigenvalue weighted by Gasteiger charge is -2.09. The Balaban J connectivity index is 1.94. The molecule has 0 unspecified atom stereocenters. The minimum atomic E-state index is 0.897. The molecule has 2 heterocycles. The summed E-state index contributed by atoms with van der Waals surface area (Å²) >= 11 is 0. The SMILES string of the molecule is c1ccc(-n2cccc2-n2nnc3ccccc32)cc1. The predicted molar refractivity (Wildman–Crippen MR) is 78.2 cm³/mol. The van der Waals surface area contributed by atoms with Crippen LogP contribution in [0.2, 0.25) is 0 Å². The Labute approximate surface area is 115 Å². The Morgan fingerprint density at radius 3 is 2.45 bits per heavy atom. The van der Waals surface area contributed by atoms with Crippen molar-refractivity contribution in [2.75, 3.05) is 0 Å². The van der Waals surface area contributed by atoms with Crippen molar-refractivity contribution < 1.29 is 0 Å². The maximum atomic E-state index is 4.27. The molecule has 96 valence electrons. The fourth-order valence-electron chi connectivity index (χ4n) is 2.39. The van der Waals surface area contributed by atoms with Crippen LogP contribution in [0.3, 0.4) is 0 Å². The first-order chi connectivity index (χ1) is 9.93. The predicted octanol–water partition coefficient (Wildman–Crippen LogP) is 3.21. The standard InChI is InChI=1S/C16H12N4/c1-2-7-13(8-3-1)19-12-6-11-16(19)20-15-10-5-4-9-14(15)17-18-20/h1-12H. The summed E-state index contributed by atoms with van der Waals surface area (Å²) < 4.78 is 3.96. The van der Waals surface area contributed by atoms with E-state index in [9.17, 15) is 0 Å². The molecule has 0 amide bonds. The number of hydrogen-bond acceptors (Lipinski definition) is 2. The molecule has 4 aromatic rings. The van der Waals surface area contributed by atoms with E-state index in [1.165, 1.54) is 0 Å². The van der Waals surface area contributed by atoms with E-state index in [-0.39, 0.29) is 0 Å². The summed E-state index contributed by atoms with van der Waals surface area (Å²) in [5.41, 5.74) is 3.00. The number of nitrogens with zero attached hydrogens (tertiary/aromatic N) is 4. The van der Waals surface area contributed by atoms with Crippen molar-refractivity contribution in [3.05, 3.63) is 72.9 Å². The van der Waals surface area contributed by atoms with E-state index in [1.807, 2.05) is 65.5 Å². The van der Waals surface area contributed by atoms with Gasteiger partial charge in [0.05, 0.1) is 5.52 Å². The van der Waals surface area contributed by atoms with Crippen LogP contribution >= 0.6 is 0 Å². The molecule has 20 heavy (non-hydrogen) atoms. The summed E-state index contributed by atoms with van der Waals surface area (Å²) in [6.07, 6.45) is 2.03. The highest BCUT2D eigenvalue weighted by molar-refractivity contribution is 5.75. The molecule has 4 heteroatoms. The molecular weight excluding hydrogens is 248 g/mol. The van der Waals surface area contributed by atoms with Crippen molar-refractivity contribution in [3.63, 3.8) is 0 Å². The minimum absolute atomic E-state index is 0.897. The number of fused-ring (bicyclic) bond motifs is 1. The molecule has 0 aliphatic carbocycles. The lowest BCUT2D eigenvalue weighted by atomic mass is 10.3. The molecule has 0 aliphatic heterocycles. The van der Waals surface area contributed by atoms with Crippen molar-refractivity contribution in [3.8, 4) is 11.5 Å². The van der Waals surface area contributed by atoms with Crippen LogP contribution < -0.4 is 0 Å². The fraction of sp³-hybridized carbons (Fsp3) is 0. The second-order valence-electron chi connectivity index (χ2n) is 4.56. The van der Waals surface area contributed by atoms with Gasteiger partial charge in [-0.2, -0.15) is 4.68 Å². The zero-order valence-corrected chi connectivity index (χ0v) is 10.7. The lowest BCUT2D eigenvalue weighted by Crippen LogP contribution is -2.04. The van der Waals surface area contributed by atoms with Crippen LogP contribution in [-0.2, 0) is 0 Å². The van der Waals surface area contributed by atoms with Crippen LogP contribution in [0.25, 0.3) is 22.5 Å². The van der Waals surface area contributed by atoms with E-state index >= 15 is 0 Å². The van der Waals surface area contributed by atoms with Gasteiger partial charge in [0.1, 0.15) is 11.3 Å². The first-order valence-electron chi connectivity index (χ1n) is 6.47. The maximum absolute atomic E-state index is 4.27. The first-order valence-corrected chi connectivity index (χ1v) is 6.47. The van der Waals surface area contributed by atoms with E-state index in [2.05, 4.69) is 27.0 Å². The monoisotopic (exact) mass is 260 g/mol. The third-order valence-corrected chi connectivity index (χ3v) is 3.33. The van der Waals surface area contributed by atoms with Gasteiger partial charge in [-0.1, -0.05) is 35.5 Å². The van der Waals surface area contributed by atoms with Gasteiger partial charge in [-0.3, -0.25) is 0 Å². The number of aromatic nitrogens is 4. The van der Waals surface area contributed by atoms with Crippen LogP contribution in [0.1, 0.15) is 0 Å². The Kier molecular flexibility index (Phi) is 2.39. The smallest absolute Gasteiger partial charge is 0.141 e. The van der Waals surface area contributed by atoms with Crippen molar-refractivity contribution in [2.45, 2.75) is 0 Å². The van der Waals surface area contributed by atoms with E-state index < -0.39 is 0 Å². The topological polar surface area (TPSA) is 35.6 Å². The summed E-state index contributed by atoms with van der Waals surface area (Å²) in [6, 6.07) is 22.2. The summed E-state index contributed by atoms with van der Waals surface area (Å²) in [6.45, 7) is 0. The van der Waals surface area contributed by atoms with Crippen LogP contribution in [-0.4, -0.2) is 19.6 Å². The molecule has 0 bridgehead atoms. The Morgan fingerprint density at radius 1 is 0.750 bits per heavy atom. The fourth-order valence-corrected chi connectivity index (χ4v) is 2.39. The van der Waals surface area contributed by atoms with Crippen molar-refractivity contribution in [1.29, 1.82) is 0 Å². The molecule has 0 saturated heterocycles. The molecule has 0 fully saturated rings. The normalized spacial score (nSPS) is 11.0. The molecule has 0 N–H and O–H groups in total. The summed E-state index contributed by atoms with van der Waals surface area (Å²) in [5.74, 6) is 0.977. The van der Waals surface area contributed by atoms with Gasteiger partial charge in [0.15, 0.2) is 0 Å². The van der Waals surface area contributed by atoms with Gasteiger partial charge in [0, 0.05) is 11.9 Å². The zero-order chi connectivity index (χ0) is 13.4. The molecule has 0 atom stereocenters. The Morgan fingerprint density at radius 2 is 1.55 bits per heavy atom. The second kappa shape index (κ2) is 4.35. The molecule has 0 aliphatic rings. The first kappa shape index (κ1) is 11.0. The van der Waals surface area contributed by atoms with Gasteiger partial charge in [0.25, 0.3) is 0 Å². The molecule has 0 saturated carbocycles. The Bertz CT molecular complexity index is 858. The molecular formula is C16H12N4. The van der Waals surface area contributed by atoms with Crippen LogP contribution in [0.4, 0.5) is 0 Å². The molecule has 0 radical (unpaired) electrons. The average molecular weight is 260 g/mol. The molecule has 4 rings (SSSR count). The molecule has 0 spiro atoms. The molecule has 2 aromatic carbocycles. The molecule has 2 aromatic heterocycles. The van der Waals surface area contributed by atoms with Crippen molar-refractivity contribution >= 4 is 11.0 Å². The van der Waals surface area contributed by atoms with E-state index in [0.717, 1.165) is 22.5 Å². The highest BCUT2D eigenvalue weighted by atomic mass is 15.5. The van der Waals surface area contributed by atoms with Gasteiger partial charge in [0.2, 0.25) is 0 Å². The van der Waals surface area contributed by atoms with Gasteiger partial charge in [-0.05, 0) is 36.4 Å². The number of benzene rings is 2. The third-order valence-electron chi connectivity index (χ3n) is 3.33. The van der Waals surface area contributed by atoms with E-state index in [0.29, 0.717) is 0 Å². The quantitative estimate of drug-likeness (QED) is 0.555. The number of rotatable bonds is 2. The van der Waals surface area contributed by atoms with E-state index in [1.54, 1.807) is 0 Å². The minimum Gasteiger partial charge on any atom is -0.302 e. The maximum Gasteiger partial charge on any atom is 0.141 e. The van der Waals surface area contributed by atoms with Crippen LogP contribution in [0.5, 0.6) is 0 Å². The largest absolute Gasteiger partial charge is 0.302 e. The second-order valence-corrected chi connectivity index (χ2v) is 4.56. The zero-order valence-electron chi connectivity index (χ0n) is 10.7. The highest BCUT2D eigenvalue weighted by Crippen LogP contribution is 2.19. The average Bonchev–Trinajstić information content (AvgIpc) is 3.14. The molecule has 4 nitrogen and oxygen atoms in total. The van der Waals surface area contributed by atoms with Crippen molar-refractivity contribution in [1.82, 2.24) is 19.6 Å². The van der Waals surface area contributed by atoms with Crippen LogP contribution in [0.15, 0.2) is 72.9 Å². The summed E-state index contributed by atoms with van der Waals surface area (Å²) in [5, 5.41) is 8.48. The van der Waals surface area contributed by atoms with Gasteiger partial charge < -0.3 is 4.57 Å². The van der Waals surface area contributed by atoms with E-state index in [4.69, 9.17) is 0 Å². The Hall–Kier alpha value is -2.88. The van der Waals surface area contributed by atoms with Crippen LogP contribution in [0, 0.1) is 0 Å². The van der Waals surface area contributed by atoms with Crippen molar-refractivity contribution in [2.24, 2.45) is 0 Å². The summed E-state index contributed by atoms with van der Waals surface area (Å²) in [4.78, 5) is 0.